The Bertz CT molecular complexity index is 393. The van der Waals surface area contributed by atoms with E-state index in [0.717, 1.165) is 0 Å². The van der Waals surface area contributed by atoms with Crippen molar-refractivity contribution in [2.45, 2.75) is 6.92 Å². The fourth-order valence-corrected chi connectivity index (χ4v) is 1.80. The molecule has 0 radical (unpaired) electrons. The van der Waals surface area contributed by atoms with Crippen LogP contribution in [-0.4, -0.2) is 16.0 Å². The Morgan fingerprint density at radius 2 is 2.14 bits per heavy atom. The van der Waals surface area contributed by atoms with Crippen LogP contribution in [0.3, 0.4) is 0 Å². The van der Waals surface area contributed by atoms with Crippen LogP contribution in [0.15, 0.2) is 16.6 Å². The van der Waals surface area contributed by atoms with Gasteiger partial charge in [0.2, 0.25) is 0 Å². The molecule has 0 aliphatic rings. The van der Waals surface area contributed by atoms with Crippen molar-refractivity contribution < 1.29 is 14.8 Å². The molecule has 0 bridgehead atoms. The smallest absolute Gasteiger partial charge is 0.335 e. The Morgan fingerprint density at radius 3 is 2.50 bits per heavy atom. The minimum atomic E-state index is -1.11. The van der Waals surface area contributed by atoms with Crippen LogP contribution in [0.25, 0.3) is 0 Å². The van der Waals surface area contributed by atoms with Crippen molar-refractivity contribution in [2.75, 3.05) is 0 Å². The molecule has 0 heterocycles. The van der Waals surface area contributed by atoms with Crippen molar-refractivity contribution in [1.82, 2.24) is 0 Å². The molecule has 6 heteroatoms. The van der Waals surface area contributed by atoms with Gasteiger partial charge in [0.1, 0.15) is 0 Å². The van der Waals surface area contributed by atoms with Gasteiger partial charge in [0, 0.05) is 5.56 Å². The van der Waals surface area contributed by atoms with Crippen LogP contribution in [0.2, 0.25) is 0 Å². The first-order chi connectivity index (χ1) is 6.43. The highest BCUT2D eigenvalue weighted by atomic mass is 79.9. The molecule has 1 aromatic rings. The standard InChI is InChI=1S/C8H6BrNO4/c1-4-2-5(8(11)12)3-6(9)7(4)10(13)14/h2-3H,1H3,(H,11,12). The number of aryl methyl sites for hydroxylation is 1. The van der Waals surface area contributed by atoms with Gasteiger partial charge in [-0.1, -0.05) is 0 Å². The molecule has 0 amide bonds. The fraction of sp³-hybridized carbons (Fsp3) is 0.125. The lowest BCUT2D eigenvalue weighted by atomic mass is 10.1. The molecule has 0 saturated heterocycles. The Morgan fingerprint density at radius 1 is 1.57 bits per heavy atom. The summed E-state index contributed by atoms with van der Waals surface area (Å²) in [6.07, 6.45) is 0. The molecule has 1 aromatic carbocycles. The van der Waals surface area contributed by atoms with Gasteiger partial charge in [-0.05, 0) is 35.0 Å². The van der Waals surface area contributed by atoms with Crippen LogP contribution in [0, 0.1) is 17.0 Å². The first-order valence-corrected chi connectivity index (χ1v) is 4.40. The molecular weight excluding hydrogens is 254 g/mol. The molecule has 0 atom stereocenters. The van der Waals surface area contributed by atoms with Gasteiger partial charge in [0.05, 0.1) is 15.0 Å². The highest BCUT2D eigenvalue weighted by Crippen LogP contribution is 2.29. The lowest BCUT2D eigenvalue weighted by Crippen LogP contribution is -2.00. The number of benzene rings is 1. The van der Waals surface area contributed by atoms with E-state index in [2.05, 4.69) is 15.9 Å². The zero-order valence-electron chi connectivity index (χ0n) is 7.15. The highest BCUT2D eigenvalue weighted by molar-refractivity contribution is 9.10. The molecule has 0 saturated carbocycles. The summed E-state index contributed by atoms with van der Waals surface area (Å²) in [4.78, 5) is 20.6. The van der Waals surface area contributed by atoms with Gasteiger partial charge in [-0.15, -0.1) is 0 Å². The topological polar surface area (TPSA) is 80.4 Å². The van der Waals surface area contributed by atoms with Gasteiger partial charge < -0.3 is 5.11 Å². The Labute approximate surface area is 87.6 Å². The summed E-state index contributed by atoms with van der Waals surface area (Å²) >= 11 is 2.96. The van der Waals surface area contributed by atoms with Crippen molar-refractivity contribution in [2.24, 2.45) is 0 Å². The fourth-order valence-electron chi connectivity index (χ4n) is 1.09. The van der Waals surface area contributed by atoms with Crippen LogP contribution < -0.4 is 0 Å². The second-order valence-corrected chi connectivity index (χ2v) is 3.54. The number of aromatic carboxylic acids is 1. The van der Waals surface area contributed by atoms with Crippen LogP contribution in [0.5, 0.6) is 0 Å². The van der Waals surface area contributed by atoms with E-state index in [1.807, 2.05) is 0 Å². The van der Waals surface area contributed by atoms with Crippen LogP contribution in [0.1, 0.15) is 15.9 Å². The van der Waals surface area contributed by atoms with E-state index in [-0.39, 0.29) is 15.7 Å². The van der Waals surface area contributed by atoms with Gasteiger partial charge >= 0.3 is 5.97 Å². The number of carbonyl (C=O) groups is 1. The predicted octanol–water partition coefficient (Wildman–Crippen LogP) is 2.36. The average molecular weight is 260 g/mol. The average Bonchev–Trinajstić information content (AvgIpc) is 2.01. The van der Waals surface area contributed by atoms with E-state index in [9.17, 15) is 14.9 Å². The summed E-state index contributed by atoms with van der Waals surface area (Å²) < 4.78 is 0.180. The molecule has 5 nitrogen and oxygen atoms in total. The number of hydrogen-bond acceptors (Lipinski definition) is 3. The number of nitro benzene ring substituents is 1. The molecule has 0 fully saturated rings. The largest absolute Gasteiger partial charge is 0.478 e. The third-order valence-corrected chi connectivity index (χ3v) is 2.29. The maximum Gasteiger partial charge on any atom is 0.335 e. The van der Waals surface area contributed by atoms with Gasteiger partial charge in [-0.2, -0.15) is 0 Å². The highest BCUT2D eigenvalue weighted by Gasteiger charge is 2.18. The number of carboxylic acid groups (broad SMARTS) is 1. The second-order valence-electron chi connectivity index (χ2n) is 2.69. The first-order valence-electron chi connectivity index (χ1n) is 3.61. The molecule has 0 spiro atoms. The molecule has 0 unspecified atom stereocenters. The third kappa shape index (κ3) is 1.90. The predicted molar refractivity (Wildman–Crippen MR) is 52.5 cm³/mol. The SMILES string of the molecule is Cc1cc(C(=O)O)cc(Br)c1[N+](=O)[O-]. The van der Waals surface area contributed by atoms with Gasteiger partial charge in [0.25, 0.3) is 5.69 Å². The van der Waals surface area contributed by atoms with Gasteiger partial charge in [-0.25, -0.2) is 4.79 Å². The minimum Gasteiger partial charge on any atom is -0.478 e. The minimum absolute atomic E-state index is 0.0278. The van der Waals surface area contributed by atoms with E-state index in [1.54, 1.807) is 0 Å². The number of carboxylic acids is 1. The first kappa shape index (κ1) is 10.6. The summed E-state index contributed by atoms with van der Waals surface area (Å²) in [5.41, 5.74) is 0.247. The Hall–Kier alpha value is -1.43. The van der Waals surface area contributed by atoms with Crippen LogP contribution in [-0.2, 0) is 0 Å². The molecule has 0 aliphatic heterocycles. The number of rotatable bonds is 2. The molecule has 0 aliphatic carbocycles. The summed E-state index contributed by atoms with van der Waals surface area (Å²) in [6, 6.07) is 2.48. The Balaban J connectivity index is 3.39. The number of nitro groups is 1. The summed E-state index contributed by atoms with van der Waals surface area (Å²) in [5, 5.41) is 19.2. The lowest BCUT2D eigenvalue weighted by Gasteiger charge is -2.01. The summed E-state index contributed by atoms with van der Waals surface area (Å²) in [5.74, 6) is -1.11. The van der Waals surface area contributed by atoms with E-state index in [1.165, 1.54) is 19.1 Å². The van der Waals surface area contributed by atoms with Crippen LogP contribution in [0.4, 0.5) is 5.69 Å². The lowest BCUT2D eigenvalue weighted by molar-refractivity contribution is -0.386. The number of nitrogens with zero attached hydrogens (tertiary/aromatic N) is 1. The van der Waals surface area contributed by atoms with Crippen molar-refractivity contribution >= 4 is 27.6 Å². The van der Waals surface area contributed by atoms with Crippen molar-refractivity contribution in [1.29, 1.82) is 0 Å². The molecule has 0 aromatic heterocycles. The van der Waals surface area contributed by atoms with Crippen molar-refractivity contribution in [3.8, 4) is 0 Å². The summed E-state index contributed by atoms with van der Waals surface area (Å²) in [6.45, 7) is 1.50. The van der Waals surface area contributed by atoms with E-state index in [4.69, 9.17) is 5.11 Å². The summed E-state index contributed by atoms with van der Waals surface area (Å²) in [7, 11) is 0. The molecular formula is C8H6BrNO4. The Kier molecular flexibility index (Phi) is 2.85. The van der Waals surface area contributed by atoms with Gasteiger partial charge in [0.15, 0.2) is 0 Å². The molecule has 14 heavy (non-hydrogen) atoms. The normalized spacial score (nSPS) is 9.86. The third-order valence-electron chi connectivity index (χ3n) is 1.68. The van der Waals surface area contributed by atoms with Crippen molar-refractivity contribution in [3.05, 3.63) is 37.8 Å². The van der Waals surface area contributed by atoms with Crippen LogP contribution >= 0.6 is 15.9 Å². The molecule has 1 N–H and O–H groups in total. The van der Waals surface area contributed by atoms with E-state index < -0.39 is 10.9 Å². The monoisotopic (exact) mass is 259 g/mol. The maximum atomic E-state index is 10.6. The van der Waals surface area contributed by atoms with Crippen molar-refractivity contribution in [3.63, 3.8) is 0 Å². The molecule has 74 valence electrons. The molecule has 1 rings (SSSR count). The zero-order valence-corrected chi connectivity index (χ0v) is 8.74. The number of halogens is 1. The van der Waals surface area contributed by atoms with E-state index in [0.29, 0.717) is 5.56 Å². The quantitative estimate of drug-likeness (QED) is 0.653. The number of hydrogen-bond donors (Lipinski definition) is 1. The zero-order chi connectivity index (χ0) is 10.9. The van der Waals surface area contributed by atoms with Gasteiger partial charge in [-0.3, -0.25) is 10.1 Å². The van der Waals surface area contributed by atoms with E-state index >= 15 is 0 Å². The second kappa shape index (κ2) is 3.75. The maximum absolute atomic E-state index is 10.6.